The molecule has 3 N–H and O–H groups in total. The second kappa shape index (κ2) is 18.4. The summed E-state index contributed by atoms with van der Waals surface area (Å²) in [7, 11) is 5.77. The number of nitrogens with one attached hydrogen (secondary N) is 1. The highest BCUT2D eigenvalue weighted by molar-refractivity contribution is 5.86. The third kappa shape index (κ3) is 10.8. The molecule has 1 saturated carbocycles. The van der Waals surface area contributed by atoms with Gasteiger partial charge in [0, 0.05) is 40.7 Å². The normalized spacial score (nSPS) is 21.0. The molecule has 1 heterocycles. The molecule has 1 aromatic carbocycles. The number of rotatable bonds is 6. The van der Waals surface area contributed by atoms with Crippen LogP contribution in [0.2, 0.25) is 0 Å². The van der Waals surface area contributed by atoms with Gasteiger partial charge in [0.25, 0.3) is 0 Å². The number of nitrogens with zero attached hydrogens (tertiary/aromatic N) is 2. The van der Waals surface area contributed by atoms with Gasteiger partial charge >= 0.3 is 0 Å². The highest BCUT2D eigenvalue weighted by Gasteiger charge is 2.20. The van der Waals surface area contributed by atoms with E-state index in [2.05, 4.69) is 67.3 Å². The van der Waals surface area contributed by atoms with Gasteiger partial charge in [0.15, 0.2) is 0 Å². The van der Waals surface area contributed by atoms with Crippen LogP contribution in [0.3, 0.4) is 0 Å². The van der Waals surface area contributed by atoms with Crippen molar-refractivity contribution in [3.63, 3.8) is 0 Å². The van der Waals surface area contributed by atoms with E-state index in [0.717, 1.165) is 45.4 Å². The summed E-state index contributed by atoms with van der Waals surface area (Å²) in [5.41, 5.74) is 12.7. The van der Waals surface area contributed by atoms with E-state index in [1.54, 1.807) is 7.05 Å². The van der Waals surface area contributed by atoms with Crippen LogP contribution in [0.15, 0.2) is 77.5 Å². The summed E-state index contributed by atoms with van der Waals surface area (Å²) < 4.78 is 0. The molecule has 1 atom stereocenters. The molecule has 4 heteroatoms. The third-order valence-electron chi connectivity index (χ3n) is 5.72. The molecule has 3 rings (SSSR count). The van der Waals surface area contributed by atoms with Crippen LogP contribution in [0.1, 0.15) is 73.9 Å². The monoisotopic (exact) mass is 494 g/mol. The fraction of sp³-hybridized carbons (Fsp3) is 0.469. The Morgan fingerprint density at radius 3 is 2.11 bits per heavy atom. The zero-order chi connectivity index (χ0) is 27.7. The molecule has 1 aliphatic heterocycles. The molecule has 1 unspecified atom stereocenters. The largest absolute Gasteiger partial charge is 0.383 e. The van der Waals surface area contributed by atoms with E-state index in [1.807, 2.05) is 78.0 Å². The van der Waals surface area contributed by atoms with Gasteiger partial charge in [-0.2, -0.15) is 0 Å². The molecule has 1 aliphatic carbocycles. The maximum absolute atomic E-state index is 6.35. The Bertz CT molecular complexity index is 926. The third-order valence-corrected chi connectivity index (χ3v) is 5.72. The van der Waals surface area contributed by atoms with Gasteiger partial charge in [0.05, 0.1) is 0 Å². The average molecular weight is 495 g/mol. The van der Waals surface area contributed by atoms with E-state index >= 15 is 0 Å². The SMILES string of the molecule is C=C/C(=C\N(C)C)c1cccc(C2=CC=C(/C(C=NC)=C/C)C(N)N2)c1.CC.CC.CC1CC(C)C1.[HH]. The second-order valence-electron chi connectivity index (χ2n) is 8.97. The first-order valence-corrected chi connectivity index (χ1v) is 13.4. The minimum absolute atomic E-state index is 0. The molecule has 1 fully saturated rings. The van der Waals surface area contributed by atoms with Crippen molar-refractivity contribution in [2.45, 2.75) is 67.5 Å². The number of aliphatic imine (C=N–C) groups is 1. The maximum Gasteiger partial charge on any atom is 0.101 e. The fourth-order valence-electron chi connectivity index (χ4n) is 4.17. The van der Waals surface area contributed by atoms with Crippen molar-refractivity contribution in [3.05, 3.63) is 83.6 Å². The quantitative estimate of drug-likeness (QED) is 0.312. The average Bonchev–Trinajstić information content (AvgIpc) is 2.88. The van der Waals surface area contributed by atoms with Gasteiger partial charge in [-0.25, -0.2) is 0 Å². The van der Waals surface area contributed by atoms with Crippen molar-refractivity contribution in [3.8, 4) is 0 Å². The molecule has 202 valence electrons. The summed E-state index contributed by atoms with van der Waals surface area (Å²) in [5.74, 6) is 2.08. The van der Waals surface area contributed by atoms with Crippen LogP contribution >= 0.6 is 0 Å². The zero-order valence-electron chi connectivity index (χ0n) is 24.6. The Kier molecular flexibility index (Phi) is 17.0. The van der Waals surface area contributed by atoms with Crippen LogP contribution in [-0.4, -0.2) is 38.4 Å². The molecule has 1 aromatic rings. The maximum atomic E-state index is 6.35. The Morgan fingerprint density at radius 2 is 1.69 bits per heavy atom. The lowest BCUT2D eigenvalue weighted by atomic mass is 9.78. The molecule has 2 aliphatic rings. The van der Waals surface area contributed by atoms with Gasteiger partial charge in [-0.3, -0.25) is 4.99 Å². The van der Waals surface area contributed by atoms with Crippen molar-refractivity contribution >= 4 is 17.5 Å². The number of allylic oxidation sites excluding steroid dienone is 5. The van der Waals surface area contributed by atoms with Gasteiger partial charge in [-0.05, 0) is 71.6 Å². The summed E-state index contributed by atoms with van der Waals surface area (Å²) in [4.78, 5) is 6.11. The van der Waals surface area contributed by atoms with Crippen LogP contribution in [0.4, 0.5) is 0 Å². The van der Waals surface area contributed by atoms with Crippen molar-refractivity contribution < 1.29 is 1.43 Å². The van der Waals surface area contributed by atoms with Crippen LogP contribution in [-0.2, 0) is 0 Å². The molecule has 4 nitrogen and oxygen atoms in total. The minimum atomic E-state index is -0.279. The summed E-state index contributed by atoms with van der Waals surface area (Å²) in [6.07, 6.45) is 14.6. The lowest BCUT2D eigenvalue weighted by molar-refractivity contribution is 0.233. The van der Waals surface area contributed by atoms with E-state index in [-0.39, 0.29) is 7.59 Å². The Labute approximate surface area is 224 Å². The molecule has 36 heavy (non-hydrogen) atoms. The lowest BCUT2D eigenvalue weighted by Crippen LogP contribution is -2.40. The van der Waals surface area contributed by atoms with Crippen molar-refractivity contribution in [1.29, 1.82) is 0 Å². The number of hydrogen-bond acceptors (Lipinski definition) is 4. The van der Waals surface area contributed by atoms with Gasteiger partial charge in [0.1, 0.15) is 6.17 Å². The Balaban J connectivity index is 0. The summed E-state index contributed by atoms with van der Waals surface area (Å²) in [6.45, 7) is 18.6. The highest BCUT2D eigenvalue weighted by atomic mass is 15.0. The first-order chi connectivity index (χ1) is 17.3. The molecule has 0 bridgehead atoms. The predicted octanol–water partition coefficient (Wildman–Crippen LogP) is 7.93. The number of nitrogens with two attached hydrogens (primary N) is 1. The summed E-state index contributed by atoms with van der Waals surface area (Å²) in [5, 5.41) is 3.39. The first-order valence-electron chi connectivity index (χ1n) is 13.4. The highest BCUT2D eigenvalue weighted by Crippen LogP contribution is 2.31. The predicted molar refractivity (Wildman–Crippen MR) is 166 cm³/mol. The van der Waals surface area contributed by atoms with E-state index in [4.69, 9.17) is 5.73 Å². The number of dihydropyridines is 1. The number of hydrogen-bond donors (Lipinski definition) is 2. The van der Waals surface area contributed by atoms with Gasteiger partial charge < -0.3 is 16.0 Å². The van der Waals surface area contributed by atoms with Crippen LogP contribution in [0, 0.1) is 11.8 Å². The van der Waals surface area contributed by atoms with Crippen molar-refractivity contribution in [2.24, 2.45) is 22.6 Å². The topological polar surface area (TPSA) is 53.6 Å². The number of benzene rings is 1. The Morgan fingerprint density at radius 1 is 1.08 bits per heavy atom. The molecular weight excluding hydrogens is 440 g/mol. The summed E-state index contributed by atoms with van der Waals surface area (Å²) >= 11 is 0. The van der Waals surface area contributed by atoms with E-state index in [1.165, 1.54) is 12.8 Å². The molecule has 0 amide bonds. The van der Waals surface area contributed by atoms with Crippen molar-refractivity contribution in [1.82, 2.24) is 10.2 Å². The summed E-state index contributed by atoms with van der Waals surface area (Å²) in [6, 6.07) is 8.35. The minimum Gasteiger partial charge on any atom is -0.383 e. The van der Waals surface area contributed by atoms with Gasteiger partial charge in [-0.1, -0.05) is 84.5 Å². The van der Waals surface area contributed by atoms with Gasteiger partial charge in [0.2, 0.25) is 0 Å². The first kappa shape index (κ1) is 33.1. The molecule has 0 saturated heterocycles. The lowest BCUT2D eigenvalue weighted by Gasteiger charge is -2.28. The van der Waals surface area contributed by atoms with Crippen LogP contribution in [0.25, 0.3) is 11.3 Å². The smallest absolute Gasteiger partial charge is 0.101 e. The Hall–Kier alpha value is -2.85. The van der Waals surface area contributed by atoms with Crippen LogP contribution < -0.4 is 11.1 Å². The van der Waals surface area contributed by atoms with E-state index < -0.39 is 0 Å². The van der Waals surface area contributed by atoms with Crippen LogP contribution in [0.5, 0.6) is 0 Å². The molecule has 0 spiro atoms. The van der Waals surface area contributed by atoms with E-state index in [0.29, 0.717) is 0 Å². The van der Waals surface area contributed by atoms with Gasteiger partial charge in [-0.15, -0.1) is 0 Å². The van der Waals surface area contributed by atoms with E-state index in [9.17, 15) is 0 Å². The zero-order valence-corrected chi connectivity index (χ0v) is 24.6. The second-order valence-corrected chi connectivity index (χ2v) is 8.97. The molecular formula is C32H54N4. The standard InChI is InChI=1S/C22H28N4.C6H12.2C2H6.H2/c1-6-16(14-24-3)20-11-12-21(25-22(20)23)19-10-8-9-18(13-19)17(7-2)15-26(4)5;1-5-3-6(2)4-5;2*1-2;/h6-15,22,25H,2,23H2,1,3-5H3;5-6H,3-4H2,1-2H3;2*1-2H3;1H/b16-6+,17-15+,24-14?;;;;. The van der Waals surface area contributed by atoms with Crippen molar-refractivity contribution in [2.75, 3.05) is 21.1 Å². The fourth-order valence-corrected chi connectivity index (χ4v) is 4.17. The molecule has 0 radical (unpaired) electrons. The molecule has 0 aromatic heterocycles.